The Kier molecular flexibility index (Phi) is 3.82. The van der Waals surface area contributed by atoms with Crippen molar-refractivity contribution in [2.75, 3.05) is 6.54 Å². The Morgan fingerprint density at radius 2 is 2.13 bits per heavy atom. The van der Waals surface area contributed by atoms with E-state index in [0.717, 1.165) is 34.7 Å². The van der Waals surface area contributed by atoms with E-state index < -0.39 is 0 Å². The third-order valence-electron chi connectivity index (χ3n) is 5.27. The first-order chi connectivity index (χ1) is 11.1. The Hall–Kier alpha value is -1.52. The van der Waals surface area contributed by atoms with E-state index in [2.05, 4.69) is 22.9 Å². The minimum atomic E-state index is -0.0358. The normalized spacial score (nSPS) is 21.8. The van der Waals surface area contributed by atoms with Crippen molar-refractivity contribution in [3.8, 4) is 0 Å². The maximum Gasteiger partial charge on any atom is 0.326 e. The summed E-state index contributed by atoms with van der Waals surface area (Å²) >= 11 is 6.46. The van der Waals surface area contributed by atoms with Crippen molar-refractivity contribution in [1.29, 1.82) is 0 Å². The number of hydrogen-bond donors (Lipinski definition) is 1. The molecule has 0 spiro atoms. The van der Waals surface area contributed by atoms with Gasteiger partial charge in [0, 0.05) is 36.3 Å². The van der Waals surface area contributed by atoms with Crippen molar-refractivity contribution < 1.29 is 0 Å². The van der Waals surface area contributed by atoms with E-state index in [-0.39, 0.29) is 5.69 Å². The maximum atomic E-state index is 12.3. The van der Waals surface area contributed by atoms with Gasteiger partial charge in [0.15, 0.2) is 0 Å². The summed E-state index contributed by atoms with van der Waals surface area (Å²) in [6, 6.07) is 4.09. The molecule has 0 unspecified atom stereocenters. The fourth-order valence-corrected chi connectivity index (χ4v) is 4.10. The van der Waals surface area contributed by atoms with Crippen LogP contribution in [0, 0.1) is 0 Å². The number of aromatic nitrogens is 2. The van der Waals surface area contributed by atoms with Crippen LogP contribution >= 0.6 is 11.6 Å². The summed E-state index contributed by atoms with van der Waals surface area (Å²) in [5, 5.41) is 0.748. The first-order valence-corrected chi connectivity index (χ1v) is 8.83. The summed E-state index contributed by atoms with van der Waals surface area (Å²) in [6.07, 6.45) is 7.54. The van der Waals surface area contributed by atoms with Gasteiger partial charge in [0.1, 0.15) is 0 Å². The van der Waals surface area contributed by atoms with Gasteiger partial charge in [-0.3, -0.25) is 9.47 Å². The molecule has 1 aromatic carbocycles. The van der Waals surface area contributed by atoms with E-state index in [4.69, 9.17) is 11.6 Å². The third-order valence-corrected chi connectivity index (χ3v) is 5.63. The van der Waals surface area contributed by atoms with Crippen LogP contribution in [-0.2, 0) is 13.1 Å². The average Bonchev–Trinajstić information content (AvgIpc) is 3.11. The Balaban J connectivity index is 1.72. The monoisotopic (exact) mass is 331 g/mol. The lowest BCUT2D eigenvalue weighted by molar-refractivity contribution is 0.210. The van der Waals surface area contributed by atoms with Crippen LogP contribution in [0.5, 0.6) is 0 Å². The van der Waals surface area contributed by atoms with Crippen LogP contribution in [0.4, 0.5) is 0 Å². The molecule has 0 saturated heterocycles. The molecule has 4 rings (SSSR count). The number of aromatic amines is 1. The van der Waals surface area contributed by atoms with Gasteiger partial charge in [-0.1, -0.05) is 23.3 Å². The Bertz CT molecular complexity index is 825. The molecular weight excluding hydrogens is 310 g/mol. The van der Waals surface area contributed by atoms with Crippen LogP contribution in [0.2, 0.25) is 5.02 Å². The molecule has 1 N–H and O–H groups in total. The average molecular weight is 332 g/mol. The molecule has 4 nitrogen and oxygen atoms in total. The first kappa shape index (κ1) is 15.0. The van der Waals surface area contributed by atoms with E-state index in [9.17, 15) is 4.79 Å². The Labute approximate surface area is 140 Å². The van der Waals surface area contributed by atoms with Crippen LogP contribution in [-0.4, -0.2) is 27.0 Å². The lowest BCUT2D eigenvalue weighted by Crippen LogP contribution is -2.36. The number of halogens is 1. The number of imidazole rings is 1. The van der Waals surface area contributed by atoms with Crippen molar-refractivity contribution in [2.24, 2.45) is 0 Å². The van der Waals surface area contributed by atoms with Crippen molar-refractivity contribution in [2.45, 2.75) is 51.7 Å². The second-order valence-electron chi connectivity index (χ2n) is 6.81. The number of allylic oxidation sites excluding steroid dienone is 1. The molecule has 2 aromatic rings. The largest absolute Gasteiger partial charge is 0.326 e. The Morgan fingerprint density at radius 1 is 1.35 bits per heavy atom. The van der Waals surface area contributed by atoms with Gasteiger partial charge in [-0.25, -0.2) is 4.79 Å². The van der Waals surface area contributed by atoms with Crippen LogP contribution in [0.3, 0.4) is 0 Å². The second-order valence-corrected chi connectivity index (χ2v) is 7.22. The number of benzene rings is 1. The zero-order valence-corrected chi connectivity index (χ0v) is 14.2. The van der Waals surface area contributed by atoms with Crippen molar-refractivity contribution in [3.63, 3.8) is 0 Å². The van der Waals surface area contributed by atoms with Gasteiger partial charge in [-0.15, -0.1) is 0 Å². The van der Waals surface area contributed by atoms with E-state index in [0.29, 0.717) is 12.6 Å². The van der Waals surface area contributed by atoms with Gasteiger partial charge in [0.25, 0.3) is 0 Å². The van der Waals surface area contributed by atoms with Gasteiger partial charge in [-0.2, -0.15) is 0 Å². The smallest absolute Gasteiger partial charge is 0.306 e. The summed E-state index contributed by atoms with van der Waals surface area (Å²) in [5.74, 6) is 0. The number of nitrogens with one attached hydrogen (secondary N) is 1. The number of nitrogens with zero attached hydrogens (tertiary/aromatic N) is 2. The van der Waals surface area contributed by atoms with Crippen LogP contribution in [0.1, 0.15) is 38.2 Å². The second kappa shape index (κ2) is 5.84. The maximum absolute atomic E-state index is 12.3. The highest BCUT2D eigenvalue weighted by molar-refractivity contribution is 6.32. The summed E-state index contributed by atoms with van der Waals surface area (Å²) in [6.45, 7) is 4.62. The quantitative estimate of drug-likeness (QED) is 0.853. The molecule has 2 aliphatic rings. The van der Waals surface area contributed by atoms with Gasteiger partial charge < -0.3 is 4.98 Å². The third kappa shape index (κ3) is 2.64. The fraction of sp³-hybridized carbons (Fsp3) is 0.500. The molecule has 1 aliphatic heterocycles. The number of H-pyrrole nitrogens is 1. The molecule has 0 radical (unpaired) electrons. The number of rotatable bonds is 2. The standard InChI is InChI=1S/C18H22ClN3O/c1-12-10-22-17-14(15(19)6-7-16(17)20-18(22)23)11-21(12)9-8-13-4-2-3-5-13/h6-8,12H,2-5,9-11H2,1H3,(H,20,23)/t12-/m0/s1. The number of hydrogen-bond acceptors (Lipinski definition) is 2. The SMILES string of the molecule is C[C@H]1Cn2c(=O)[nH]c3ccc(Cl)c(c32)CN1CC=C1CCCC1. The molecule has 1 fully saturated rings. The highest BCUT2D eigenvalue weighted by atomic mass is 35.5. The lowest BCUT2D eigenvalue weighted by Gasteiger charge is -2.26. The molecule has 1 saturated carbocycles. The fourth-order valence-electron chi connectivity index (χ4n) is 3.89. The molecule has 1 aliphatic carbocycles. The molecular formula is C18H22ClN3O. The molecule has 23 heavy (non-hydrogen) atoms. The van der Waals surface area contributed by atoms with E-state index in [1.165, 1.54) is 25.7 Å². The first-order valence-electron chi connectivity index (χ1n) is 8.45. The van der Waals surface area contributed by atoms with Crippen LogP contribution in [0.25, 0.3) is 11.0 Å². The molecule has 0 amide bonds. The van der Waals surface area contributed by atoms with Gasteiger partial charge in [-0.05, 0) is 44.7 Å². The predicted octanol–water partition coefficient (Wildman–Crippen LogP) is 3.69. The van der Waals surface area contributed by atoms with Crippen LogP contribution < -0.4 is 5.69 Å². The highest BCUT2D eigenvalue weighted by Crippen LogP contribution is 2.30. The molecule has 1 atom stereocenters. The van der Waals surface area contributed by atoms with Gasteiger partial charge >= 0.3 is 5.69 Å². The Morgan fingerprint density at radius 3 is 2.91 bits per heavy atom. The van der Waals surface area contributed by atoms with Crippen LogP contribution in [0.15, 0.2) is 28.6 Å². The summed E-state index contributed by atoms with van der Waals surface area (Å²) < 4.78 is 1.85. The molecule has 2 heterocycles. The summed E-state index contributed by atoms with van der Waals surface area (Å²) in [7, 11) is 0. The van der Waals surface area contributed by atoms with Crippen molar-refractivity contribution >= 4 is 22.6 Å². The van der Waals surface area contributed by atoms with E-state index in [1.54, 1.807) is 5.57 Å². The zero-order valence-electron chi connectivity index (χ0n) is 13.4. The summed E-state index contributed by atoms with van der Waals surface area (Å²) in [5.41, 5.74) is 4.48. The van der Waals surface area contributed by atoms with Gasteiger partial charge in [0.05, 0.1) is 11.0 Å². The minimum Gasteiger partial charge on any atom is -0.306 e. The highest BCUT2D eigenvalue weighted by Gasteiger charge is 2.25. The van der Waals surface area contributed by atoms with Crippen molar-refractivity contribution in [3.05, 3.63) is 44.9 Å². The topological polar surface area (TPSA) is 41.0 Å². The van der Waals surface area contributed by atoms with Gasteiger partial charge in [0.2, 0.25) is 0 Å². The molecule has 122 valence electrons. The van der Waals surface area contributed by atoms with Crippen molar-refractivity contribution in [1.82, 2.24) is 14.5 Å². The minimum absolute atomic E-state index is 0.0358. The zero-order chi connectivity index (χ0) is 16.0. The summed E-state index contributed by atoms with van der Waals surface area (Å²) in [4.78, 5) is 17.6. The van der Waals surface area contributed by atoms with E-state index >= 15 is 0 Å². The molecule has 0 bridgehead atoms. The predicted molar refractivity (Wildman–Crippen MR) is 94.0 cm³/mol. The molecule has 5 heteroatoms. The lowest BCUT2D eigenvalue weighted by atomic mass is 10.1. The van der Waals surface area contributed by atoms with E-state index in [1.807, 2.05) is 16.7 Å². The molecule has 1 aromatic heterocycles.